The maximum absolute atomic E-state index is 12.3. The topological polar surface area (TPSA) is 37.4 Å². The molecule has 0 saturated heterocycles. The van der Waals surface area contributed by atoms with Crippen molar-refractivity contribution in [3.63, 3.8) is 0 Å². The number of aryl methyl sites for hydroxylation is 1. The van der Waals surface area contributed by atoms with Crippen LogP contribution in [0.3, 0.4) is 0 Å². The molecule has 0 spiro atoms. The highest BCUT2D eigenvalue weighted by molar-refractivity contribution is 9.10. The minimum Gasteiger partial charge on any atom is -0.312 e. The second-order valence-corrected chi connectivity index (χ2v) is 6.94. The first-order valence-electron chi connectivity index (χ1n) is 7.58. The maximum atomic E-state index is 12.3. The first-order chi connectivity index (χ1) is 9.95. The van der Waals surface area contributed by atoms with Crippen molar-refractivity contribution < 1.29 is 9.59 Å². The first-order valence-corrected chi connectivity index (χ1v) is 8.49. The molecule has 1 atom stereocenters. The number of amides is 1. The smallest absolute Gasteiger partial charge is 0.229 e. The molecule has 4 heteroatoms. The lowest BCUT2D eigenvalue weighted by molar-refractivity contribution is -0.121. The lowest BCUT2D eigenvalue weighted by Crippen LogP contribution is -2.38. The molecule has 1 heterocycles. The Morgan fingerprint density at radius 3 is 2.67 bits per heavy atom. The van der Waals surface area contributed by atoms with Crippen LogP contribution in [0, 0.1) is 5.92 Å². The molecule has 0 radical (unpaired) electrons. The summed E-state index contributed by atoms with van der Waals surface area (Å²) in [5, 5.41) is 0. The van der Waals surface area contributed by atoms with E-state index in [1.54, 1.807) is 0 Å². The number of fused-ring (bicyclic) bond motifs is 1. The van der Waals surface area contributed by atoms with E-state index in [1.807, 2.05) is 43.9 Å². The van der Waals surface area contributed by atoms with Gasteiger partial charge in [0, 0.05) is 23.7 Å². The summed E-state index contributed by atoms with van der Waals surface area (Å²) in [5.41, 5.74) is 2.81. The lowest BCUT2D eigenvalue weighted by atomic mass is 9.96. The number of hydrogen-bond acceptors (Lipinski definition) is 2. The summed E-state index contributed by atoms with van der Waals surface area (Å²) in [6, 6.07) is 5.73. The van der Waals surface area contributed by atoms with Crippen LogP contribution in [0.2, 0.25) is 0 Å². The van der Waals surface area contributed by atoms with Gasteiger partial charge in [-0.15, -0.1) is 0 Å². The van der Waals surface area contributed by atoms with Crippen molar-refractivity contribution in [2.75, 3.05) is 11.4 Å². The van der Waals surface area contributed by atoms with Crippen molar-refractivity contribution in [2.45, 2.75) is 44.9 Å². The van der Waals surface area contributed by atoms with Crippen LogP contribution < -0.4 is 4.90 Å². The van der Waals surface area contributed by atoms with Crippen LogP contribution in [-0.2, 0) is 11.2 Å². The highest BCUT2D eigenvalue weighted by atomic mass is 79.9. The molecule has 0 N–H and O–H groups in total. The van der Waals surface area contributed by atoms with E-state index >= 15 is 0 Å². The van der Waals surface area contributed by atoms with Gasteiger partial charge in [-0.05, 0) is 43.0 Å². The lowest BCUT2D eigenvalue weighted by Gasteiger charge is -2.31. The molecule has 0 saturated carbocycles. The van der Waals surface area contributed by atoms with Crippen molar-refractivity contribution in [3.05, 3.63) is 29.3 Å². The Morgan fingerprint density at radius 2 is 2.05 bits per heavy atom. The largest absolute Gasteiger partial charge is 0.312 e. The summed E-state index contributed by atoms with van der Waals surface area (Å²) in [4.78, 5) is 26.3. The molecule has 0 aliphatic carbocycles. The molecule has 2 rings (SSSR count). The van der Waals surface area contributed by atoms with Crippen LogP contribution in [0.25, 0.3) is 0 Å². The van der Waals surface area contributed by atoms with E-state index in [4.69, 9.17) is 0 Å². The van der Waals surface area contributed by atoms with Crippen LogP contribution in [-0.4, -0.2) is 23.1 Å². The molecule has 1 aromatic rings. The minimum atomic E-state index is -0.132. The Labute approximate surface area is 134 Å². The van der Waals surface area contributed by atoms with Crippen molar-refractivity contribution in [3.8, 4) is 0 Å². The zero-order chi connectivity index (χ0) is 15.6. The van der Waals surface area contributed by atoms with E-state index < -0.39 is 0 Å². The number of alkyl halides is 1. The fourth-order valence-electron chi connectivity index (χ4n) is 2.66. The molecule has 3 nitrogen and oxygen atoms in total. The fraction of sp³-hybridized carbons (Fsp3) is 0.529. The second-order valence-electron chi connectivity index (χ2n) is 5.83. The number of carbonyl (C=O) groups excluding carboxylic acids is 2. The van der Waals surface area contributed by atoms with Gasteiger partial charge in [-0.1, -0.05) is 36.7 Å². The van der Waals surface area contributed by atoms with Gasteiger partial charge < -0.3 is 4.90 Å². The van der Waals surface area contributed by atoms with Crippen LogP contribution >= 0.6 is 15.9 Å². The van der Waals surface area contributed by atoms with E-state index in [2.05, 4.69) is 15.9 Å². The summed E-state index contributed by atoms with van der Waals surface area (Å²) in [6.07, 6.45) is 2.65. The molecule has 0 bridgehead atoms. The van der Waals surface area contributed by atoms with Crippen molar-refractivity contribution in [1.82, 2.24) is 0 Å². The van der Waals surface area contributed by atoms with Gasteiger partial charge in [0.15, 0.2) is 5.78 Å². The average Bonchev–Trinajstić information content (AvgIpc) is 2.51. The van der Waals surface area contributed by atoms with E-state index in [1.165, 1.54) is 0 Å². The predicted octanol–water partition coefficient (Wildman–Crippen LogP) is 3.98. The van der Waals surface area contributed by atoms with Gasteiger partial charge in [0.2, 0.25) is 5.91 Å². The number of ketones is 1. The zero-order valence-corrected chi connectivity index (χ0v) is 14.4. The second kappa shape index (κ2) is 6.73. The van der Waals surface area contributed by atoms with Gasteiger partial charge in [-0.2, -0.15) is 0 Å². The Balaban J connectivity index is 2.33. The van der Waals surface area contributed by atoms with E-state index in [0.717, 1.165) is 42.6 Å². The maximum Gasteiger partial charge on any atom is 0.229 e. The molecule has 1 unspecified atom stereocenters. The zero-order valence-electron chi connectivity index (χ0n) is 12.9. The van der Waals surface area contributed by atoms with Crippen LogP contribution in [0.1, 0.15) is 49.5 Å². The molecule has 1 aliphatic rings. The van der Waals surface area contributed by atoms with Gasteiger partial charge in [-0.3, -0.25) is 9.59 Å². The molecule has 1 aromatic carbocycles. The number of rotatable bonds is 4. The van der Waals surface area contributed by atoms with Crippen LogP contribution in [0.4, 0.5) is 5.69 Å². The van der Waals surface area contributed by atoms with E-state index in [9.17, 15) is 9.59 Å². The normalized spacial score (nSPS) is 15.8. The van der Waals surface area contributed by atoms with Crippen LogP contribution in [0.5, 0.6) is 0 Å². The Kier molecular flexibility index (Phi) is 5.20. The number of hydrogen-bond donors (Lipinski definition) is 0. The van der Waals surface area contributed by atoms with Crippen molar-refractivity contribution in [1.29, 1.82) is 0 Å². The first kappa shape index (κ1) is 16.2. The highest BCUT2D eigenvalue weighted by Crippen LogP contribution is 2.30. The molecule has 21 heavy (non-hydrogen) atoms. The third kappa shape index (κ3) is 3.37. The third-order valence-corrected chi connectivity index (χ3v) is 4.95. The Bertz CT molecular complexity index is 554. The van der Waals surface area contributed by atoms with Gasteiger partial charge in [0.1, 0.15) is 0 Å². The van der Waals surface area contributed by atoms with Gasteiger partial charge in [-0.25, -0.2) is 0 Å². The highest BCUT2D eigenvalue weighted by Gasteiger charge is 2.25. The molecule has 1 aliphatic heterocycles. The van der Waals surface area contributed by atoms with Crippen LogP contribution in [0.15, 0.2) is 18.2 Å². The molecular formula is C17H22BrNO2. The van der Waals surface area contributed by atoms with E-state index in [0.29, 0.717) is 0 Å². The predicted molar refractivity (Wildman–Crippen MR) is 89.3 cm³/mol. The summed E-state index contributed by atoms with van der Waals surface area (Å²) in [6.45, 7) is 6.60. The van der Waals surface area contributed by atoms with Gasteiger partial charge >= 0.3 is 0 Å². The van der Waals surface area contributed by atoms with Crippen molar-refractivity contribution >= 4 is 33.3 Å². The van der Waals surface area contributed by atoms with Gasteiger partial charge in [0.05, 0.1) is 4.83 Å². The third-order valence-electron chi connectivity index (χ3n) is 3.89. The number of nitrogens with zero attached hydrogens (tertiary/aromatic N) is 1. The SMILES string of the molecule is CCC(Br)C(=O)c1ccc2c(c1)CCCN2C(=O)C(C)C. The molecule has 0 fully saturated rings. The number of benzene rings is 1. The van der Waals surface area contributed by atoms with Crippen molar-refractivity contribution in [2.24, 2.45) is 5.92 Å². The summed E-state index contributed by atoms with van der Waals surface area (Å²) >= 11 is 3.42. The number of halogens is 1. The molecule has 114 valence electrons. The Morgan fingerprint density at radius 1 is 1.33 bits per heavy atom. The summed E-state index contributed by atoms with van der Waals surface area (Å²) in [7, 11) is 0. The number of Topliss-reactive ketones (excluding diaryl/α,β-unsaturated/α-hetero) is 1. The monoisotopic (exact) mass is 351 g/mol. The van der Waals surface area contributed by atoms with Gasteiger partial charge in [0.25, 0.3) is 0 Å². The summed E-state index contributed by atoms with van der Waals surface area (Å²) in [5.74, 6) is 0.263. The Hall–Kier alpha value is -1.16. The summed E-state index contributed by atoms with van der Waals surface area (Å²) < 4.78 is 0. The van der Waals surface area contributed by atoms with E-state index in [-0.39, 0.29) is 22.4 Å². The average molecular weight is 352 g/mol. The number of carbonyl (C=O) groups is 2. The quantitative estimate of drug-likeness (QED) is 0.607. The molecule has 1 amide bonds. The molecule has 0 aromatic heterocycles. The molecular weight excluding hydrogens is 330 g/mol. The standard InChI is InChI=1S/C17H22BrNO2/c1-4-14(18)16(20)13-7-8-15-12(10-13)6-5-9-19(15)17(21)11(2)3/h7-8,10-11,14H,4-6,9H2,1-3H3. The fourth-order valence-corrected chi connectivity index (χ4v) is 2.92. The number of anilines is 1. The minimum absolute atomic E-state index is 0.00993.